The minimum absolute atomic E-state index is 0.408. The molecule has 0 bridgehead atoms. The molecule has 2 nitrogen and oxygen atoms in total. The largest absolute Gasteiger partial charge is 0.388 e. The molecular weight excluding hydrogens is 246 g/mol. The van der Waals surface area contributed by atoms with Crippen molar-refractivity contribution in [2.75, 3.05) is 11.9 Å². The lowest BCUT2D eigenvalue weighted by molar-refractivity contribution is 0.171. The number of aliphatic hydroxyl groups is 1. The zero-order valence-corrected chi connectivity index (χ0v) is 12.5. The van der Waals surface area contributed by atoms with Gasteiger partial charge in [-0.2, -0.15) is 0 Å². The minimum atomic E-state index is -0.408. The predicted molar refractivity (Wildman–Crippen MR) is 85.2 cm³/mol. The van der Waals surface area contributed by atoms with Crippen LogP contribution in [0, 0.1) is 20.8 Å². The van der Waals surface area contributed by atoms with Crippen molar-refractivity contribution < 1.29 is 5.11 Å². The van der Waals surface area contributed by atoms with E-state index in [2.05, 4.69) is 44.3 Å². The van der Waals surface area contributed by atoms with Crippen molar-refractivity contribution in [1.82, 2.24) is 0 Å². The summed E-state index contributed by atoms with van der Waals surface area (Å²) in [6.45, 7) is 7.04. The maximum Gasteiger partial charge on any atom is 0.0806 e. The molecule has 2 heteroatoms. The Morgan fingerprint density at radius 1 is 0.950 bits per heavy atom. The summed E-state index contributed by atoms with van der Waals surface area (Å²) in [6, 6.07) is 14.4. The number of aryl methyl sites for hydroxylation is 3. The molecule has 0 aliphatic rings. The van der Waals surface area contributed by atoms with Crippen LogP contribution in [0.2, 0.25) is 0 Å². The second-order valence-electron chi connectivity index (χ2n) is 5.44. The fourth-order valence-electron chi connectivity index (χ4n) is 2.16. The molecule has 0 heterocycles. The average molecular weight is 269 g/mol. The first kappa shape index (κ1) is 14.6. The molecule has 0 saturated carbocycles. The fraction of sp³-hybridized carbons (Fsp3) is 0.333. The molecule has 0 saturated heterocycles. The van der Waals surface area contributed by atoms with E-state index in [4.69, 9.17) is 0 Å². The standard InChI is InChI=1S/C18H23NO/c1-13-4-7-16(8-5-13)18(20)10-11-19-17-9-6-14(2)15(3)12-17/h4-9,12,18-20H,10-11H2,1-3H3. The third kappa shape index (κ3) is 3.84. The van der Waals surface area contributed by atoms with E-state index in [9.17, 15) is 5.11 Å². The first-order valence-corrected chi connectivity index (χ1v) is 7.12. The maximum atomic E-state index is 10.1. The molecule has 0 amide bonds. The molecule has 2 aromatic rings. The quantitative estimate of drug-likeness (QED) is 0.854. The molecule has 20 heavy (non-hydrogen) atoms. The van der Waals surface area contributed by atoms with Crippen LogP contribution in [0.5, 0.6) is 0 Å². The number of hydrogen-bond donors (Lipinski definition) is 2. The molecule has 1 atom stereocenters. The Hall–Kier alpha value is -1.80. The smallest absolute Gasteiger partial charge is 0.0806 e. The van der Waals surface area contributed by atoms with Crippen LogP contribution in [0.1, 0.15) is 34.8 Å². The SMILES string of the molecule is Cc1ccc(C(O)CCNc2ccc(C)c(C)c2)cc1. The lowest BCUT2D eigenvalue weighted by Gasteiger charge is -2.13. The van der Waals surface area contributed by atoms with Gasteiger partial charge in [-0.1, -0.05) is 35.9 Å². The van der Waals surface area contributed by atoms with Crippen molar-refractivity contribution in [3.63, 3.8) is 0 Å². The van der Waals surface area contributed by atoms with E-state index in [0.29, 0.717) is 6.42 Å². The molecule has 0 fully saturated rings. The van der Waals surface area contributed by atoms with Crippen molar-refractivity contribution in [2.24, 2.45) is 0 Å². The fourth-order valence-corrected chi connectivity index (χ4v) is 2.16. The molecule has 1 unspecified atom stereocenters. The second kappa shape index (κ2) is 6.58. The van der Waals surface area contributed by atoms with Gasteiger partial charge < -0.3 is 10.4 Å². The van der Waals surface area contributed by atoms with Crippen molar-refractivity contribution in [3.05, 3.63) is 64.7 Å². The molecule has 2 aromatic carbocycles. The van der Waals surface area contributed by atoms with Crippen LogP contribution < -0.4 is 5.32 Å². The van der Waals surface area contributed by atoms with Gasteiger partial charge in [-0.05, 0) is 56.0 Å². The molecule has 0 aromatic heterocycles. The van der Waals surface area contributed by atoms with Crippen LogP contribution in [0.15, 0.2) is 42.5 Å². The van der Waals surface area contributed by atoms with E-state index in [1.165, 1.54) is 16.7 Å². The summed E-state index contributed by atoms with van der Waals surface area (Å²) >= 11 is 0. The van der Waals surface area contributed by atoms with Crippen molar-refractivity contribution in [3.8, 4) is 0 Å². The Morgan fingerprint density at radius 3 is 2.30 bits per heavy atom. The van der Waals surface area contributed by atoms with E-state index in [1.807, 2.05) is 24.3 Å². The Labute approximate surface area is 121 Å². The molecule has 106 valence electrons. The van der Waals surface area contributed by atoms with E-state index in [-0.39, 0.29) is 0 Å². The summed E-state index contributed by atoms with van der Waals surface area (Å²) in [6.07, 6.45) is 0.297. The van der Waals surface area contributed by atoms with Gasteiger partial charge in [-0.25, -0.2) is 0 Å². The number of rotatable bonds is 5. The zero-order chi connectivity index (χ0) is 14.5. The van der Waals surface area contributed by atoms with Crippen LogP contribution in [-0.2, 0) is 0 Å². The Bertz CT molecular complexity index is 560. The summed E-state index contributed by atoms with van der Waals surface area (Å²) in [5.41, 5.74) is 5.90. The zero-order valence-electron chi connectivity index (χ0n) is 12.5. The molecule has 0 spiro atoms. The second-order valence-corrected chi connectivity index (χ2v) is 5.44. The lowest BCUT2D eigenvalue weighted by Crippen LogP contribution is -2.07. The molecule has 2 N–H and O–H groups in total. The molecule has 0 aliphatic carbocycles. The van der Waals surface area contributed by atoms with Crippen LogP contribution >= 0.6 is 0 Å². The normalized spacial score (nSPS) is 12.2. The van der Waals surface area contributed by atoms with E-state index in [0.717, 1.165) is 17.8 Å². The van der Waals surface area contributed by atoms with Crippen molar-refractivity contribution in [2.45, 2.75) is 33.3 Å². The average Bonchev–Trinajstić information content (AvgIpc) is 2.43. The summed E-state index contributed by atoms with van der Waals surface area (Å²) < 4.78 is 0. The highest BCUT2D eigenvalue weighted by molar-refractivity contribution is 5.48. The number of anilines is 1. The van der Waals surface area contributed by atoms with E-state index >= 15 is 0 Å². The summed E-state index contributed by atoms with van der Waals surface area (Å²) in [7, 11) is 0. The van der Waals surface area contributed by atoms with Crippen LogP contribution in [-0.4, -0.2) is 11.7 Å². The van der Waals surface area contributed by atoms with Crippen LogP contribution in [0.4, 0.5) is 5.69 Å². The monoisotopic (exact) mass is 269 g/mol. The number of aliphatic hydroxyl groups excluding tert-OH is 1. The van der Waals surface area contributed by atoms with E-state index in [1.54, 1.807) is 0 Å². The van der Waals surface area contributed by atoms with Gasteiger partial charge in [-0.15, -0.1) is 0 Å². The van der Waals surface area contributed by atoms with Crippen LogP contribution in [0.3, 0.4) is 0 Å². The first-order chi connectivity index (χ1) is 9.56. The van der Waals surface area contributed by atoms with E-state index < -0.39 is 6.10 Å². The topological polar surface area (TPSA) is 32.3 Å². The third-order valence-electron chi connectivity index (χ3n) is 3.72. The van der Waals surface area contributed by atoms with Crippen molar-refractivity contribution in [1.29, 1.82) is 0 Å². The number of nitrogens with one attached hydrogen (secondary N) is 1. The van der Waals surface area contributed by atoms with Gasteiger partial charge in [0.1, 0.15) is 0 Å². The van der Waals surface area contributed by atoms with Crippen molar-refractivity contribution >= 4 is 5.69 Å². The minimum Gasteiger partial charge on any atom is -0.388 e. The van der Waals surface area contributed by atoms with Gasteiger partial charge in [-0.3, -0.25) is 0 Å². The molecular formula is C18H23NO. The number of benzene rings is 2. The molecule has 0 radical (unpaired) electrons. The highest BCUT2D eigenvalue weighted by Crippen LogP contribution is 2.18. The maximum absolute atomic E-state index is 10.1. The summed E-state index contributed by atoms with van der Waals surface area (Å²) in [5, 5.41) is 13.5. The lowest BCUT2D eigenvalue weighted by atomic mass is 10.0. The Kier molecular flexibility index (Phi) is 4.80. The van der Waals surface area contributed by atoms with Crippen LogP contribution in [0.25, 0.3) is 0 Å². The molecule has 0 aliphatic heterocycles. The Morgan fingerprint density at radius 2 is 1.65 bits per heavy atom. The van der Waals surface area contributed by atoms with Gasteiger partial charge in [0.15, 0.2) is 0 Å². The highest BCUT2D eigenvalue weighted by atomic mass is 16.3. The first-order valence-electron chi connectivity index (χ1n) is 7.12. The third-order valence-corrected chi connectivity index (χ3v) is 3.72. The van der Waals surface area contributed by atoms with Gasteiger partial charge >= 0.3 is 0 Å². The summed E-state index contributed by atoms with van der Waals surface area (Å²) in [5.74, 6) is 0. The predicted octanol–water partition coefficient (Wildman–Crippen LogP) is 4.15. The molecule has 2 rings (SSSR count). The van der Waals surface area contributed by atoms with Gasteiger partial charge in [0, 0.05) is 12.2 Å². The Balaban J connectivity index is 1.86. The summed E-state index contributed by atoms with van der Waals surface area (Å²) in [4.78, 5) is 0. The number of hydrogen-bond acceptors (Lipinski definition) is 2. The highest BCUT2D eigenvalue weighted by Gasteiger charge is 2.06. The van der Waals surface area contributed by atoms with Gasteiger partial charge in [0.2, 0.25) is 0 Å². The van der Waals surface area contributed by atoms with Gasteiger partial charge in [0.25, 0.3) is 0 Å². The van der Waals surface area contributed by atoms with Gasteiger partial charge in [0.05, 0.1) is 6.10 Å².